The van der Waals surface area contributed by atoms with Gasteiger partial charge in [-0.2, -0.15) is 13.2 Å². The minimum Gasteiger partial charge on any atom is -0.455 e. The molecule has 0 spiro atoms. The number of nitrogens with zero attached hydrogens (tertiary/aromatic N) is 5. The maximum Gasteiger partial charge on any atom is 0.501 e. The zero-order valence-electron chi connectivity index (χ0n) is 40.1. The summed E-state index contributed by atoms with van der Waals surface area (Å²) in [5, 5.41) is 1.41. The molecule has 4 heterocycles. The Morgan fingerprint density at radius 3 is 2.32 bits per heavy atom. The van der Waals surface area contributed by atoms with Gasteiger partial charge in [-0.1, -0.05) is 49.2 Å². The van der Waals surface area contributed by atoms with Gasteiger partial charge in [-0.15, -0.1) is 0 Å². The molecule has 382 valence electrons. The highest BCUT2D eigenvalue weighted by molar-refractivity contribution is 7.92. The fourth-order valence-corrected chi connectivity index (χ4v) is 12.8. The van der Waals surface area contributed by atoms with Crippen LogP contribution < -0.4 is 14.4 Å². The molecular weight excluding hydrogens is 999 g/mol. The summed E-state index contributed by atoms with van der Waals surface area (Å²) < 4.78 is 121. The molecule has 0 atom stereocenters. The molecule has 2 saturated heterocycles. The van der Waals surface area contributed by atoms with Crippen LogP contribution in [0.2, 0.25) is 5.02 Å². The number of carbonyl (C=O) groups is 1. The van der Waals surface area contributed by atoms with Crippen LogP contribution in [-0.2, 0) is 36.0 Å². The van der Waals surface area contributed by atoms with Gasteiger partial charge in [0.15, 0.2) is 0 Å². The highest BCUT2D eigenvalue weighted by Crippen LogP contribution is 2.44. The summed E-state index contributed by atoms with van der Waals surface area (Å²) in [4.78, 5) is 26.0. The van der Waals surface area contributed by atoms with Gasteiger partial charge in [0.2, 0.25) is 0 Å². The van der Waals surface area contributed by atoms with Gasteiger partial charge < -0.3 is 19.5 Å². The van der Waals surface area contributed by atoms with Crippen LogP contribution in [0.1, 0.15) is 73.9 Å². The molecule has 2 aliphatic heterocycles. The second-order valence-electron chi connectivity index (χ2n) is 19.7. The van der Waals surface area contributed by atoms with E-state index in [1.165, 1.54) is 29.0 Å². The summed E-state index contributed by atoms with van der Waals surface area (Å²) in [6, 6.07) is 18.7. The number of aromatic amines is 1. The normalized spacial score (nSPS) is 17.9. The molecule has 5 aromatic rings. The Balaban J connectivity index is 1.00. The number of alkyl halides is 3. The monoisotopic (exact) mass is 1060 g/mol. The SMILES string of the molecule is CC1(C)CCC(CN2CCN(c3ccc(C(=O)NS(=O)(=O)c4ccc(CCCN5CCC(N=S(C)(C)=O)CC5)c(S(=O)(=O)C(F)(F)F)c4)c(Oc4cnc5[nH]ccc5c4)c3)CC2)=C(c2ccc(Cl)cc2)C1. The number of rotatable bonds is 15. The molecule has 2 N–H and O–H groups in total. The number of aryl methyl sites for hydroxylation is 1. The first-order chi connectivity index (χ1) is 33.4. The smallest absolute Gasteiger partial charge is 0.455 e. The van der Waals surface area contributed by atoms with Crippen LogP contribution in [0.3, 0.4) is 0 Å². The van der Waals surface area contributed by atoms with Gasteiger partial charge in [0.1, 0.15) is 17.1 Å². The fraction of sp³-hybridized carbons (Fsp3) is 0.440. The van der Waals surface area contributed by atoms with Gasteiger partial charge in [-0.05, 0) is 122 Å². The van der Waals surface area contributed by atoms with Crippen LogP contribution in [0.5, 0.6) is 11.5 Å². The predicted octanol–water partition coefficient (Wildman–Crippen LogP) is 9.33. The van der Waals surface area contributed by atoms with Crippen molar-refractivity contribution < 1.29 is 43.7 Å². The second-order valence-corrected chi connectivity index (χ2v) is 26.3. The number of carbonyl (C=O) groups excluding carboxylic acids is 1. The molecule has 3 aromatic carbocycles. The summed E-state index contributed by atoms with van der Waals surface area (Å²) in [7, 11) is -13.3. The first-order valence-corrected chi connectivity index (χ1v) is 29.2. The summed E-state index contributed by atoms with van der Waals surface area (Å²) in [5.74, 6) is -0.923. The van der Waals surface area contributed by atoms with E-state index < -0.39 is 50.8 Å². The summed E-state index contributed by atoms with van der Waals surface area (Å²) >= 11 is 6.24. The summed E-state index contributed by atoms with van der Waals surface area (Å²) in [6.45, 7) is 9.87. The molecule has 0 saturated carbocycles. The van der Waals surface area contributed by atoms with E-state index in [1.54, 1.807) is 43.0 Å². The Bertz CT molecular complexity index is 3170. The van der Waals surface area contributed by atoms with Crippen LogP contribution in [0.4, 0.5) is 18.9 Å². The van der Waals surface area contributed by atoms with Crippen LogP contribution >= 0.6 is 11.6 Å². The number of hydrogen-bond donors (Lipinski definition) is 2. The lowest BCUT2D eigenvalue weighted by atomic mass is 9.72. The quantitative estimate of drug-likeness (QED) is 0.102. The zero-order chi connectivity index (χ0) is 50.9. The Hall–Kier alpha value is -4.99. The van der Waals surface area contributed by atoms with Gasteiger partial charge in [0, 0.05) is 96.4 Å². The minimum atomic E-state index is -6.02. The Kier molecular flexibility index (Phi) is 15.4. The van der Waals surface area contributed by atoms with E-state index in [4.69, 9.17) is 16.3 Å². The first-order valence-electron chi connectivity index (χ1n) is 23.5. The number of sulfonamides is 1. The molecular formula is C50H59ClF3N7O7S3. The highest BCUT2D eigenvalue weighted by atomic mass is 35.5. The maximum atomic E-state index is 14.1. The van der Waals surface area contributed by atoms with E-state index in [0.29, 0.717) is 73.4 Å². The number of hydrogen-bond acceptors (Lipinski definition) is 12. The first kappa shape index (κ1) is 52.3. The van der Waals surface area contributed by atoms with Gasteiger partial charge in [-0.25, -0.2) is 30.9 Å². The third kappa shape index (κ3) is 12.8. The second kappa shape index (κ2) is 20.9. The number of sulfone groups is 1. The van der Waals surface area contributed by atoms with Crippen LogP contribution in [-0.4, -0.2) is 123 Å². The molecule has 3 aliphatic rings. The lowest BCUT2D eigenvalue weighted by molar-refractivity contribution is -0.0436. The molecule has 2 aromatic heterocycles. The molecule has 1 aliphatic carbocycles. The Morgan fingerprint density at radius 2 is 1.63 bits per heavy atom. The summed E-state index contributed by atoms with van der Waals surface area (Å²) in [5.41, 5.74) is -0.709. The van der Waals surface area contributed by atoms with E-state index in [-0.39, 0.29) is 46.9 Å². The van der Waals surface area contributed by atoms with Crippen LogP contribution in [0, 0.1) is 5.41 Å². The molecule has 14 nitrogen and oxygen atoms in total. The van der Waals surface area contributed by atoms with Crippen LogP contribution in [0.15, 0.2) is 105 Å². The minimum absolute atomic E-state index is 0.0124. The van der Waals surface area contributed by atoms with Crippen molar-refractivity contribution in [1.82, 2.24) is 24.5 Å². The van der Waals surface area contributed by atoms with E-state index in [2.05, 4.69) is 55.0 Å². The maximum absolute atomic E-state index is 14.1. The van der Waals surface area contributed by atoms with Crippen molar-refractivity contribution >= 4 is 69.4 Å². The number of fused-ring (bicyclic) bond motifs is 1. The third-order valence-corrected chi connectivity index (χ3v) is 17.3. The van der Waals surface area contributed by atoms with Crippen molar-refractivity contribution in [2.45, 2.75) is 80.1 Å². The predicted molar refractivity (Wildman–Crippen MR) is 272 cm³/mol. The number of halogens is 4. The van der Waals surface area contributed by atoms with Crippen molar-refractivity contribution in [3.05, 3.63) is 112 Å². The number of piperidine rings is 1. The number of H-pyrrole nitrogens is 1. The number of piperazine rings is 1. The average molecular weight is 1060 g/mol. The van der Waals surface area contributed by atoms with Gasteiger partial charge in [0.05, 0.1) is 27.6 Å². The number of benzene rings is 3. The number of aromatic nitrogens is 2. The van der Waals surface area contributed by atoms with E-state index in [9.17, 15) is 39.0 Å². The largest absolute Gasteiger partial charge is 0.501 e. The van der Waals surface area contributed by atoms with Crippen molar-refractivity contribution in [2.75, 3.05) is 69.8 Å². The number of amides is 1. The molecule has 71 heavy (non-hydrogen) atoms. The number of likely N-dealkylation sites (tertiary alicyclic amines) is 1. The topological polar surface area (TPSA) is 174 Å². The standard InChI is InChI=1S/C50H59ClF3N7O7S3/c1-49(2)19-15-37(44(31-49)34-7-10-38(51)11-8-34)33-60-24-26-61(27-25-60)40-12-14-43(45(29-40)68-41-28-36-16-20-55-47(36)56-32-41)48(62)58-71(66,67)42-13-9-35(46(30-42)70(64,65)50(52,53)54)6-5-21-59-22-17-39(18-23-59)57-69(3,4)63/h7-14,16,20,28-30,32,39H,5-6,15,17-19,21-27,31,33H2,1-4H3,(H,55,56)(H,58,62). The van der Waals surface area contributed by atoms with Crippen molar-refractivity contribution in [3.8, 4) is 11.5 Å². The Labute approximate surface area is 419 Å². The van der Waals surface area contributed by atoms with E-state index >= 15 is 0 Å². The van der Waals surface area contributed by atoms with Crippen molar-refractivity contribution in [1.29, 1.82) is 0 Å². The van der Waals surface area contributed by atoms with Crippen LogP contribution in [0.25, 0.3) is 16.6 Å². The third-order valence-electron chi connectivity index (χ3n) is 13.4. The fourth-order valence-electron chi connectivity index (χ4n) is 9.60. The molecule has 8 rings (SSSR count). The molecule has 0 radical (unpaired) electrons. The average Bonchev–Trinajstić information content (AvgIpc) is 3.78. The molecule has 2 fully saturated rings. The zero-order valence-corrected chi connectivity index (χ0v) is 43.3. The van der Waals surface area contributed by atoms with Gasteiger partial charge in [-0.3, -0.25) is 13.9 Å². The highest BCUT2D eigenvalue weighted by Gasteiger charge is 2.48. The molecule has 0 unspecified atom stereocenters. The van der Waals surface area contributed by atoms with E-state index in [1.807, 2.05) is 16.9 Å². The lowest BCUT2D eigenvalue weighted by Gasteiger charge is -2.39. The van der Waals surface area contributed by atoms with Crippen molar-refractivity contribution in [2.24, 2.45) is 9.78 Å². The Morgan fingerprint density at radius 1 is 0.915 bits per heavy atom. The summed E-state index contributed by atoms with van der Waals surface area (Å²) in [6.07, 6.45) is 10.8. The molecule has 21 heteroatoms. The number of allylic oxidation sites excluding steroid dienone is 1. The lowest BCUT2D eigenvalue weighted by Crippen LogP contribution is -2.47. The molecule has 0 bridgehead atoms. The number of anilines is 1. The van der Waals surface area contributed by atoms with Gasteiger partial charge >= 0.3 is 5.51 Å². The number of pyridine rings is 1. The van der Waals surface area contributed by atoms with Crippen molar-refractivity contribution in [3.63, 3.8) is 0 Å². The number of nitrogens with one attached hydrogen (secondary N) is 2. The van der Waals surface area contributed by atoms with E-state index in [0.717, 1.165) is 51.0 Å². The van der Waals surface area contributed by atoms with Gasteiger partial charge in [0.25, 0.3) is 25.8 Å². The molecule has 1 amide bonds. The number of ether oxygens (including phenoxy) is 1.